The fraction of sp³-hybridized carbons (Fsp3) is 0.333. The minimum Gasteiger partial charge on any atom is -0.507 e. The maximum absolute atomic E-state index is 9.81. The van der Waals surface area contributed by atoms with E-state index in [0.29, 0.717) is 23.8 Å². The quantitative estimate of drug-likeness (QED) is 0.805. The summed E-state index contributed by atoms with van der Waals surface area (Å²) in [5.74, 6) is 1.00. The standard InChI is InChI=1S/C12H14N2O3/c1-2-3-6-16-9-4-5-10(11(15)7-9)12-14-13-8-17-12/h4-5,7-8,15H,2-3,6H2,1H3. The highest BCUT2D eigenvalue weighted by atomic mass is 16.5. The lowest BCUT2D eigenvalue weighted by Gasteiger charge is -2.06. The van der Waals surface area contributed by atoms with Gasteiger partial charge in [0, 0.05) is 6.07 Å². The highest BCUT2D eigenvalue weighted by molar-refractivity contribution is 5.63. The Morgan fingerprint density at radius 2 is 2.29 bits per heavy atom. The number of hydrogen-bond donors (Lipinski definition) is 1. The Morgan fingerprint density at radius 1 is 1.41 bits per heavy atom. The maximum Gasteiger partial charge on any atom is 0.251 e. The molecular weight excluding hydrogens is 220 g/mol. The molecule has 0 atom stereocenters. The Bertz CT molecular complexity index is 469. The zero-order chi connectivity index (χ0) is 12.1. The van der Waals surface area contributed by atoms with E-state index in [9.17, 15) is 5.11 Å². The van der Waals surface area contributed by atoms with Crippen molar-refractivity contribution in [2.24, 2.45) is 0 Å². The van der Waals surface area contributed by atoms with Gasteiger partial charge >= 0.3 is 0 Å². The van der Waals surface area contributed by atoms with Crippen molar-refractivity contribution >= 4 is 0 Å². The summed E-state index contributed by atoms with van der Waals surface area (Å²) >= 11 is 0. The molecule has 5 nitrogen and oxygen atoms in total. The monoisotopic (exact) mass is 234 g/mol. The van der Waals surface area contributed by atoms with E-state index in [1.54, 1.807) is 18.2 Å². The maximum atomic E-state index is 9.81. The molecule has 0 radical (unpaired) electrons. The van der Waals surface area contributed by atoms with Crippen molar-refractivity contribution in [1.82, 2.24) is 10.2 Å². The molecular formula is C12H14N2O3. The molecule has 1 heterocycles. The number of aromatic nitrogens is 2. The Balaban J connectivity index is 2.12. The number of ether oxygens (including phenoxy) is 1. The molecule has 0 aliphatic carbocycles. The second-order valence-electron chi connectivity index (χ2n) is 3.62. The average Bonchev–Trinajstić information content (AvgIpc) is 2.83. The predicted octanol–water partition coefficient (Wildman–Crippen LogP) is 2.62. The molecule has 0 saturated carbocycles. The summed E-state index contributed by atoms with van der Waals surface area (Å²) in [6, 6.07) is 5.02. The van der Waals surface area contributed by atoms with Crippen LogP contribution in [0.4, 0.5) is 0 Å². The van der Waals surface area contributed by atoms with Gasteiger partial charge in [0.05, 0.1) is 12.2 Å². The molecule has 90 valence electrons. The molecule has 0 amide bonds. The Morgan fingerprint density at radius 3 is 2.94 bits per heavy atom. The van der Waals surface area contributed by atoms with Crippen molar-refractivity contribution < 1.29 is 14.3 Å². The van der Waals surface area contributed by atoms with E-state index >= 15 is 0 Å². The SMILES string of the molecule is CCCCOc1ccc(-c2nnco2)c(O)c1. The van der Waals surface area contributed by atoms with E-state index in [2.05, 4.69) is 17.1 Å². The van der Waals surface area contributed by atoms with Crippen molar-refractivity contribution in [3.05, 3.63) is 24.6 Å². The molecule has 1 aromatic heterocycles. The molecule has 0 spiro atoms. The van der Waals surface area contributed by atoms with Gasteiger partial charge in [-0.05, 0) is 18.6 Å². The summed E-state index contributed by atoms with van der Waals surface area (Å²) < 4.78 is 10.5. The molecule has 1 N–H and O–H groups in total. The molecule has 0 aliphatic heterocycles. The van der Waals surface area contributed by atoms with Crippen LogP contribution >= 0.6 is 0 Å². The van der Waals surface area contributed by atoms with Gasteiger partial charge in [-0.25, -0.2) is 0 Å². The van der Waals surface area contributed by atoms with Crippen molar-refractivity contribution in [2.45, 2.75) is 19.8 Å². The number of hydrogen-bond acceptors (Lipinski definition) is 5. The van der Waals surface area contributed by atoms with Gasteiger partial charge in [0.2, 0.25) is 6.39 Å². The predicted molar refractivity (Wildman–Crippen MR) is 61.8 cm³/mol. The van der Waals surface area contributed by atoms with Crippen LogP contribution in [0.3, 0.4) is 0 Å². The van der Waals surface area contributed by atoms with Gasteiger partial charge < -0.3 is 14.3 Å². The zero-order valence-electron chi connectivity index (χ0n) is 9.59. The number of unbranched alkanes of at least 4 members (excludes halogenated alkanes) is 1. The van der Waals surface area contributed by atoms with Gasteiger partial charge in [-0.3, -0.25) is 0 Å². The minimum atomic E-state index is 0.0725. The molecule has 0 fully saturated rings. The number of rotatable bonds is 5. The van der Waals surface area contributed by atoms with Crippen molar-refractivity contribution in [1.29, 1.82) is 0 Å². The van der Waals surface area contributed by atoms with Gasteiger partial charge in [0.1, 0.15) is 11.5 Å². The third-order valence-corrected chi connectivity index (χ3v) is 2.33. The van der Waals surface area contributed by atoms with Gasteiger partial charge in [-0.2, -0.15) is 0 Å². The lowest BCUT2D eigenvalue weighted by Crippen LogP contribution is -1.96. The second-order valence-corrected chi connectivity index (χ2v) is 3.62. The normalized spacial score (nSPS) is 10.4. The van der Waals surface area contributed by atoms with Crippen LogP contribution in [0, 0.1) is 0 Å². The van der Waals surface area contributed by atoms with Crippen LogP contribution in [0.1, 0.15) is 19.8 Å². The summed E-state index contributed by atoms with van der Waals surface area (Å²) in [6.07, 6.45) is 3.29. The second kappa shape index (κ2) is 5.34. The van der Waals surface area contributed by atoms with Crippen molar-refractivity contribution in [3.63, 3.8) is 0 Å². The minimum absolute atomic E-state index is 0.0725. The lowest BCUT2D eigenvalue weighted by atomic mass is 10.2. The molecule has 0 saturated heterocycles. The van der Waals surface area contributed by atoms with Gasteiger partial charge in [-0.15, -0.1) is 10.2 Å². The summed E-state index contributed by atoms with van der Waals surface area (Å²) in [5.41, 5.74) is 0.505. The summed E-state index contributed by atoms with van der Waals surface area (Å²) in [4.78, 5) is 0. The Kier molecular flexibility index (Phi) is 3.59. The number of benzene rings is 1. The molecule has 2 rings (SSSR count). The van der Waals surface area contributed by atoms with Gasteiger partial charge in [-0.1, -0.05) is 13.3 Å². The first kappa shape index (κ1) is 11.4. The molecule has 0 bridgehead atoms. The van der Waals surface area contributed by atoms with Crippen molar-refractivity contribution in [3.8, 4) is 23.0 Å². The van der Waals surface area contributed by atoms with Crippen LogP contribution in [-0.4, -0.2) is 21.9 Å². The number of phenolic OH excluding ortho intramolecular Hbond substituents is 1. The molecule has 2 aromatic rings. The van der Waals surface area contributed by atoms with Crippen LogP contribution in [-0.2, 0) is 0 Å². The van der Waals surface area contributed by atoms with Crippen LogP contribution in [0.25, 0.3) is 11.5 Å². The van der Waals surface area contributed by atoms with Gasteiger partial charge in [0.25, 0.3) is 5.89 Å². The summed E-state index contributed by atoms with van der Waals surface area (Å²) in [6.45, 7) is 2.75. The molecule has 5 heteroatoms. The first-order valence-corrected chi connectivity index (χ1v) is 5.53. The van der Waals surface area contributed by atoms with E-state index in [0.717, 1.165) is 12.8 Å². The fourth-order valence-electron chi connectivity index (χ4n) is 1.41. The van der Waals surface area contributed by atoms with Gasteiger partial charge in [0.15, 0.2) is 0 Å². The van der Waals surface area contributed by atoms with Crippen LogP contribution in [0.15, 0.2) is 29.0 Å². The van der Waals surface area contributed by atoms with Crippen LogP contribution in [0.2, 0.25) is 0 Å². The van der Waals surface area contributed by atoms with E-state index in [1.807, 2.05) is 0 Å². The molecule has 0 unspecified atom stereocenters. The topological polar surface area (TPSA) is 68.4 Å². The third-order valence-electron chi connectivity index (χ3n) is 2.33. The molecule has 17 heavy (non-hydrogen) atoms. The molecule has 0 aliphatic rings. The number of nitrogens with zero attached hydrogens (tertiary/aromatic N) is 2. The third kappa shape index (κ3) is 2.75. The lowest BCUT2D eigenvalue weighted by molar-refractivity contribution is 0.307. The number of aromatic hydroxyl groups is 1. The Labute approximate surface area is 99.1 Å². The number of phenols is 1. The molecule has 1 aromatic carbocycles. The van der Waals surface area contributed by atoms with Crippen molar-refractivity contribution in [2.75, 3.05) is 6.61 Å². The zero-order valence-corrected chi connectivity index (χ0v) is 9.59. The first-order valence-electron chi connectivity index (χ1n) is 5.53. The Hall–Kier alpha value is -2.04. The van der Waals surface area contributed by atoms with E-state index in [1.165, 1.54) is 6.39 Å². The average molecular weight is 234 g/mol. The summed E-state index contributed by atoms with van der Waals surface area (Å²) in [7, 11) is 0. The van der Waals surface area contributed by atoms with E-state index < -0.39 is 0 Å². The highest BCUT2D eigenvalue weighted by Crippen LogP contribution is 2.30. The fourth-order valence-corrected chi connectivity index (χ4v) is 1.41. The first-order chi connectivity index (χ1) is 8.31. The van der Waals surface area contributed by atoms with Crippen LogP contribution in [0.5, 0.6) is 11.5 Å². The highest BCUT2D eigenvalue weighted by Gasteiger charge is 2.10. The smallest absolute Gasteiger partial charge is 0.251 e. The van der Waals surface area contributed by atoms with E-state index in [-0.39, 0.29) is 5.75 Å². The van der Waals surface area contributed by atoms with E-state index in [4.69, 9.17) is 9.15 Å². The van der Waals surface area contributed by atoms with Crippen LogP contribution < -0.4 is 4.74 Å². The summed E-state index contributed by atoms with van der Waals surface area (Å²) in [5, 5.41) is 17.1. The largest absolute Gasteiger partial charge is 0.507 e.